The number of hydrogen-bond acceptors (Lipinski definition) is 8. The van der Waals surface area contributed by atoms with Crippen LogP contribution in [0.25, 0.3) is 0 Å². The van der Waals surface area contributed by atoms with Crippen LogP contribution in [-0.4, -0.2) is 52.3 Å². The van der Waals surface area contributed by atoms with Gasteiger partial charge in [-0.25, -0.2) is 9.97 Å². The van der Waals surface area contributed by atoms with Crippen LogP contribution in [0, 0.1) is 13.8 Å². The summed E-state index contributed by atoms with van der Waals surface area (Å²) >= 11 is 1.50. The molecule has 0 spiro atoms. The lowest BCUT2D eigenvalue weighted by Gasteiger charge is -2.29. The predicted octanol–water partition coefficient (Wildman–Crippen LogP) is 4.07. The predicted molar refractivity (Wildman–Crippen MR) is 126 cm³/mol. The van der Waals surface area contributed by atoms with E-state index in [-0.39, 0.29) is 5.78 Å². The minimum Gasteiger partial charge on any atom is -0.378 e. The number of aryl methyl sites for hydroxylation is 1. The summed E-state index contributed by atoms with van der Waals surface area (Å²) in [6, 6.07) is 9.98. The molecule has 2 N–H and O–H groups in total. The number of morpholine rings is 1. The molecule has 0 radical (unpaired) electrons. The van der Waals surface area contributed by atoms with Crippen molar-refractivity contribution in [3.8, 4) is 0 Å². The summed E-state index contributed by atoms with van der Waals surface area (Å²) in [5.74, 6) is 2.61. The van der Waals surface area contributed by atoms with Gasteiger partial charge in [0.15, 0.2) is 11.0 Å². The zero-order chi connectivity index (χ0) is 22.5. The van der Waals surface area contributed by atoms with E-state index in [0.29, 0.717) is 31.2 Å². The first-order valence-electron chi connectivity index (χ1n) is 10.8. The smallest absolute Gasteiger partial charge is 0.196 e. The van der Waals surface area contributed by atoms with Crippen LogP contribution in [0.4, 0.5) is 17.5 Å². The molecule has 0 saturated carbocycles. The van der Waals surface area contributed by atoms with E-state index in [9.17, 15) is 4.79 Å². The van der Waals surface area contributed by atoms with Crippen LogP contribution >= 0.6 is 11.8 Å². The maximum atomic E-state index is 11.7. The van der Waals surface area contributed by atoms with E-state index in [1.54, 1.807) is 0 Å². The van der Waals surface area contributed by atoms with Crippen molar-refractivity contribution in [1.29, 1.82) is 0 Å². The second kappa shape index (κ2) is 10.1. The van der Waals surface area contributed by atoms with Gasteiger partial charge in [-0.15, -0.1) is 0 Å². The van der Waals surface area contributed by atoms with Crippen molar-refractivity contribution >= 4 is 35.0 Å². The van der Waals surface area contributed by atoms with E-state index >= 15 is 0 Å². The largest absolute Gasteiger partial charge is 0.378 e. The van der Waals surface area contributed by atoms with E-state index in [2.05, 4.69) is 20.4 Å². The van der Waals surface area contributed by atoms with E-state index < -0.39 is 0 Å². The first kappa shape index (κ1) is 22.3. The summed E-state index contributed by atoms with van der Waals surface area (Å²) in [6.45, 7) is 8.84. The second-order valence-corrected chi connectivity index (χ2v) is 8.82. The topological polar surface area (TPSA) is 96.0 Å². The number of carbonyl (C=O) groups is 1. The number of nitrogens with zero attached hydrogens (tertiary/aromatic N) is 4. The molecule has 168 valence electrons. The lowest BCUT2D eigenvalue weighted by Crippen LogP contribution is -2.37. The molecule has 3 aromatic rings. The third kappa shape index (κ3) is 5.46. The van der Waals surface area contributed by atoms with Gasteiger partial charge in [-0.05, 0) is 43.3 Å². The number of anilines is 3. The molecule has 0 bridgehead atoms. The quantitative estimate of drug-likeness (QED) is 0.494. The van der Waals surface area contributed by atoms with Crippen molar-refractivity contribution in [2.75, 3.05) is 36.5 Å². The summed E-state index contributed by atoms with van der Waals surface area (Å²) in [5.41, 5.74) is 2.98. The van der Waals surface area contributed by atoms with Crippen LogP contribution in [0.15, 0.2) is 40.4 Å². The number of H-pyrrole nitrogens is 1. The van der Waals surface area contributed by atoms with Crippen LogP contribution in [0.5, 0.6) is 0 Å². The lowest BCUT2D eigenvalue weighted by molar-refractivity contribution is -0.118. The molecule has 1 fully saturated rings. The molecular weight excluding hydrogens is 424 g/mol. The number of aromatic amines is 1. The highest BCUT2D eigenvalue weighted by Gasteiger charge is 2.20. The van der Waals surface area contributed by atoms with Gasteiger partial charge >= 0.3 is 0 Å². The minimum absolute atomic E-state index is 0.242. The van der Waals surface area contributed by atoms with Crippen molar-refractivity contribution in [2.24, 2.45) is 0 Å². The number of benzene rings is 1. The van der Waals surface area contributed by atoms with E-state index in [4.69, 9.17) is 14.7 Å². The molecule has 3 heterocycles. The van der Waals surface area contributed by atoms with E-state index in [1.807, 2.05) is 51.1 Å². The number of nitrogens with one attached hydrogen (secondary N) is 2. The average Bonchev–Trinajstić information content (AvgIpc) is 3.22. The van der Waals surface area contributed by atoms with Gasteiger partial charge in [0, 0.05) is 48.2 Å². The third-order valence-corrected chi connectivity index (χ3v) is 6.16. The first-order chi connectivity index (χ1) is 15.5. The fourth-order valence-corrected chi connectivity index (χ4v) is 4.22. The number of Topliss-reactive ketones (excluding diaryl/α,β-unsaturated/α-hetero) is 1. The van der Waals surface area contributed by atoms with Crippen molar-refractivity contribution in [3.63, 3.8) is 0 Å². The Balaban J connectivity index is 1.61. The number of carbonyl (C=O) groups excluding carboxylic acids is 1. The van der Waals surface area contributed by atoms with Crippen molar-refractivity contribution in [1.82, 2.24) is 20.2 Å². The van der Waals surface area contributed by atoms with Crippen LogP contribution in [-0.2, 0) is 16.0 Å². The fraction of sp³-hybridized carbons (Fsp3) is 0.391. The summed E-state index contributed by atoms with van der Waals surface area (Å²) in [6.07, 6.45) is 1.03. The van der Waals surface area contributed by atoms with Gasteiger partial charge in [0.25, 0.3) is 0 Å². The van der Waals surface area contributed by atoms with Gasteiger partial charge in [-0.1, -0.05) is 19.1 Å². The number of rotatable bonds is 8. The Morgan fingerprint density at radius 1 is 1.19 bits per heavy atom. The fourth-order valence-electron chi connectivity index (χ4n) is 3.47. The Labute approximate surface area is 192 Å². The molecular formula is C23H28N6O2S. The molecule has 32 heavy (non-hydrogen) atoms. The molecule has 2 aromatic heterocycles. The minimum atomic E-state index is 0.242. The highest BCUT2D eigenvalue weighted by atomic mass is 32.2. The normalized spacial score (nSPS) is 13.9. The van der Waals surface area contributed by atoms with Gasteiger partial charge < -0.3 is 15.0 Å². The monoisotopic (exact) mass is 452 g/mol. The van der Waals surface area contributed by atoms with Crippen LogP contribution in [0.2, 0.25) is 0 Å². The summed E-state index contributed by atoms with van der Waals surface area (Å²) in [7, 11) is 0. The Bertz CT molecular complexity index is 1080. The molecule has 1 aromatic carbocycles. The van der Waals surface area contributed by atoms with Gasteiger partial charge in [0.05, 0.1) is 13.2 Å². The molecule has 0 aliphatic carbocycles. The zero-order valence-electron chi connectivity index (χ0n) is 18.6. The summed E-state index contributed by atoms with van der Waals surface area (Å²) < 4.78 is 5.52. The van der Waals surface area contributed by atoms with Crippen LogP contribution < -0.4 is 10.2 Å². The number of hydrogen-bond donors (Lipinski definition) is 2. The third-order valence-electron chi connectivity index (χ3n) is 5.29. The van der Waals surface area contributed by atoms with Crippen molar-refractivity contribution in [3.05, 3.63) is 47.2 Å². The Morgan fingerprint density at radius 3 is 2.59 bits per heavy atom. The maximum absolute atomic E-state index is 11.7. The molecule has 9 heteroatoms. The zero-order valence-corrected chi connectivity index (χ0v) is 19.5. The van der Waals surface area contributed by atoms with E-state index in [0.717, 1.165) is 52.3 Å². The molecule has 4 rings (SSSR count). The molecule has 0 unspecified atom stereocenters. The van der Waals surface area contributed by atoms with Gasteiger partial charge in [-0.3, -0.25) is 9.89 Å². The SMILES string of the molecule is CCC(=O)Cc1ccc(Sc2nc(Nc3cc(C)[nH]n3)c(C)c(N3CCOCC3)n2)cc1. The molecule has 8 nitrogen and oxygen atoms in total. The average molecular weight is 453 g/mol. The standard InChI is InChI=1S/C23H28N6O2S/c1-4-18(30)14-17-5-7-19(8-6-17)32-23-25-21(24-20-13-15(2)27-28-20)16(3)22(26-23)29-9-11-31-12-10-29/h5-8,13H,4,9-12,14H2,1-3H3,(H2,24,25,26,27,28). The Hall–Kier alpha value is -2.91. The molecule has 1 saturated heterocycles. The summed E-state index contributed by atoms with van der Waals surface area (Å²) in [5, 5.41) is 11.2. The van der Waals surface area contributed by atoms with Crippen molar-refractivity contribution in [2.45, 2.75) is 43.7 Å². The summed E-state index contributed by atoms with van der Waals surface area (Å²) in [4.78, 5) is 24.6. The molecule has 0 amide bonds. The Kier molecular flexibility index (Phi) is 7.06. The number of aromatic nitrogens is 4. The van der Waals surface area contributed by atoms with Gasteiger partial charge in [0.2, 0.25) is 0 Å². The highest BCUT2D eigenvalue weighted by Crippen LogP contribution is 2.32. The van der Waals surface area contributed by atoms with E-state index in [1.165, 1.54) is 11.8 Å². The molecule has 1 aliphatic heterocycles. The molecule has 1 aliphatic rings. The number of ether oxygens (including phenoxy) is 1. The first-order valence-corrected chi connectivity index (χ1v) is 11.6. The lowest BCUT2D eigenvalue weighted by atomic mass is 10.1. The van der Waals surface area contributed by atoms with Gasteiger partial charge in [0.1, 0.15) is 17.4 Å². The second-order valence-electron chi connectivity index (χ2n) is 7.78. The van der Waals surface area contributed by atoms with Crippen LogP contribution in [0.3, 0.4) is 0 Å². The van der Waals surface area contributed by atoms with Crippen LogP contribution in [0.1, 0.15) is 30.2 Å². The highest BCUT2D eigenvalue weighted by molar-refractivity contribution is 7.99. The number of ketones is 1. The van der Waals surface area contributed by atoms with Gasteiger partial charge in [-0.2, -0.15) is 5.10 Å². The molecule has 0 atom stereocenters. The maximum Gasteiger partial charge on any atom is 0.196 e. The Morgan fingerprint density at radius 2 is 1.94 bits per heavy atom. The van der Waals surface area contributed by atoms with Crippen molar-refractivity contribution < 1.29 is 9.53 Å².